The van der Waals surface area contributed by atoms with Crippen molar-refractivity contribution in [2.45, 2.75) is 19.4 Å². The van der Waals surface area contributed by atoms with Gasteiger partial charge in [-0.25, -0.2) is 4.98 Å². The number of carbonyl (C=O) groups excluding carboxylic acids is 1. The van der Waals surface area contributed by atoms with Gasteiger partial charge in [-0.15, -0.1) is 0 Å². The number of aromatic nitrogens is 1. The van der Waals surface area contributed by atoms with Crippen LogP contribution < -0.4 is 5.32 Å². The summed E-state index contributed by atoms with van der Waals surface area (Å²) in [6, 6.07) is 8.66. The Hall–Kier alpha value is -1.65. The molecule has 0 bridgehead atoms. The number of aliphatic hydroxyl groups excluding tert-OH is 1. The van der Waals surface area contributed by atoms with Crippen LogP contribution in [0.1, 0.15) is 23.8 Å². The Kier molecular flexibility index (Phi) is 4.35. The number of hydrogen-bond donors (Lipinski definition) is 2. The van der Waals surface area contributed by atoms with Gasteiger partial charge in [-0.05, 0) is 18.6 Å². The summed E-state index contributed by atoms with van der Waals surface area (Å²) in [7, 11) is 0. The van der Waals surface area contributed by atoms with Crippen LogP contribution >= 0.6 is 11.6 Å². The molecule has 0 aliphatic rings. The monoisotopic (exact) mass is 278 g/mol. The summed E-state index contributed by atoms with van der Waals surface area (Å²) in [4.78, 5) is 16.3. The number of nitrogens with one attached hydrogen (secondary N) is 1. The van der Waals surface area contributed by atoms with E-state index in [0.717, 1.165) is 5.39 Å². The topological polar surface area (TPSA) is 62.2 Å². The van der Waals surface area contributed by atoms with Gasteiger partial charge in [0.15, 0.2) is 0 Å². The van der Waals surface area contributed by atoms with Crippen LogP contribution in [-0.4, -0.2) is 28.6 Å². The van der Waals surface area contributed by atoms with Gasteiger partial charge in [-0.3, -0.25) is 4.79 Å². The summed E-state index contributed by atoms with van der Waals surface area (Å²) in [5.41, 5.74) is 0.938. The number of halogens is 1. The highest BCUT2D eigenvalue weighted by molar-refractivity contribution is 6.35. The van der Waals surface area contributed by atoms with E-state index in [9.17, 15) is 4.79 Å². The molecule has 1 amide bonds. The fourth-order valence-electron chi connectivity index (χ4n) is 1.79. The molecule has 0 fully saturated rings. The zero-order chi connectivity index (χ0) is 13.8. The molecule has 100 valence electrons. The number of amides is 1. The second kappa shape index (κ2) is 5.99. The molecule has 0 saturated carbocycles. The predicted octanol–water partition coefficient (Wildman–Crippen LogP) is 2.39. The van der Waals surface area contributed by atoms with Gasteiger partial charge in [0.25, 0.3) is 5.91 Å². The van der Waals surface area contributed by atoms with Crippen molar-refractivity contribution in [2.75, 3.05) is 6.61 Å². The highest BCUT2D eigenvalue weighted by Crippen LogP contribution is 2.22. The standard InChI is InChI=1S/C14H15ClN2O2/c1-2-9(8-18)16-14(19)13-7-11(15)10-5-3-4-6-12(10)17-13/h3-7,9,18H,2,8H2,1H3,(H,16,19)/t9-/m0/s1. The first-order chi connectivity index (χ1) is 9.15. The van der Waals surface area contributed by atoms with Crippen molar-refractivity contribution >= 4 is 28.4 Å². The van der Waals surface area contributed by atoms with Crippen LogP contribution in [0.2, 0.25) is 5.02 Å². The Morgan fingerprint density at radius 1 is 1.47 bits per heavy atom. The lowest BCUT2D eigenvalue weighted by molar-refractivity contribution is 0.0910. The van der Waals surface area contributed by atoms with Gasteiger partial charge >= 0.3 is 0 Å². The molecule has 0 unspecified atom stereocenters. The molecule has 0 aliphatic heterocycles. The number of rotatable bonds is 4. The molecular formula is C14H15ClN2O2. The number of nitrogens with zero attached hydrogens (tertiary/aromatic N) is 1. The second-order valence-electron chi connectivity index (χ2n) is 4.27. The third-order valence-electron chi connectivity index (χ3n) is 2.95. The molecule has 2 aromatic rings. The fraction of sp³-hybridized carbons (Fsp3) is 0.286. The number of aliphatic hydroxyl groups is 1. The SMILES string of the molecule is CC[C@@H](CO)NC(=O)c1cc(Cl)c2ccccc2n1. The molecule has 0 radical (unpaired) electrons. The van der Waals surface area contributed by atoms with Gasteiger partial charge < -0.3 is 10.4 Å². The van der Waals surface area contributed by atoms with Crippen LogP contribution in [0.25, 0.3) is 10.9 Å². The van der Waals surface area contributed by atoms with Crippen molar-refractivity contribution in [2.24, 2.45) is 0 Å². The summed E-state index contributed by atoms with van der Waals surface area (Å²) in [5.74, 6) is -0.325. The van der Waals surface area contributed by atoms with Crippen LogP contribution in [-0.2, 0) is 0 Å². The molecule has 5 heteroatoms. The molecular weight excluding hydrogens is 264 g/mol. The smallest absolute Gasteiger partial charge is 0.270 e. The normalized spacial score (nSPS) is 12.4. The molecule has 0 spiro atoms. The van der Waals surface area contributed by atoms with Gasteiger partial charge in [-0.1, -0.05) is 36.7 Å². The van der Waals surface area contributed by atoms with Crippen LogP contribution in [0.15, 0.2) is 30.3 Å². The minimum absolute atomic E-state index is 0.0937. The molecule has 4 nitrogen and oxygen atoms in total. The molecule has 1 heterocycles. The summed E-state index contributed by atoms with van der Waals surface area (Å²) >= 11 is 6.14. The van der Waals surface area contributed by atoms with E-state index in [1.165, 1.54) is 0 Å². The zero-order valence-corrected chi connectivity index (χ0v) is 11.3. The molecule has 0 aliphatic carbocycles. The van der Waals surface area contributed by atoms with Gasteiger partial charge in [0.05, 0.1) is 23.2 Å². The number of pyridine rings is 1. The van der Waals surface area contributed by atoms with E-state index in [1.54, 1.807) is 12.1 Å². The molecule has 19 heavy (non-hydrogen) atoms. The average Bonchev–Trinajstić information content (AvgIpc) is 2.44. The van der Waals surface area contributed by atoms with E-state index in [1.807, 2.05) is 25.1 Å². The third-order valence-corrected chi connectivity index (χ3v) is 3.26. The lowest BCUT2D eigenvalue weighted by Crippen LogP contribution is -2.37. The van der Waals surface area contributed by atoms with E-state index < -0.39 is 0 Å². The Labute approximate surface area is 116 Å². The number of hydrogen-bond acceptors (Lipinski definition) is 3. The molecule has 2 N–H and O–H groups in total. The van der Waals surface area contributed by atoms with Crippen LogP contribution in [0.4, 0.5) is 0 Å². The minimum Gasteiger partial charge on any atom is -0.394 e. The summed E-state index contributed by atoms with van der Waals surface area (Å²) in [6.45, 7) is 1.80. The molecule has 2 rings (SSSR count). The Morgan fingerprint density at radius 2 is 2.21 bits per heavy atom. The van der Waals surface area contributed by atoms with E-state index in [2.05, 4.69) is 10.3 Å². The third kappa shape index (κ3) is 3.03. The minimum atomic E-state index is -0.325. The maximum absolute atomic E-state index is 12.0. The molecule has 1 aromatic carbocycles. The lowest BCUT2D eigenvalue weighted by Gasteiger charge is -2.14. The summed E-state index contributed by atoms with van der Waals surface area (Å²) < 4.78 is 0. The Bertz CT molecular complexity index is 597. The fourth-order valence-corrected chi connectivity index (χ4v) is 2.05. The first kappa shape index (κ1) is 13.8. The number of benzene rings is 1. The Balaban J connectivity index is 2.32. The van der Waals surface area contributed by atoms with Crippen molar-refractivity contribution in [3.8, 4) is 0 Å². The largest absolute Gasteiger partial charge is 0.394 e. The van der Waals surface area contributed by atoms with E-state index >= 15 is 0 Å². The van der Waals surface area contributed by atoms with E-state index in [4.69, 9.17) is 16.7 Å². The number of carbonyl (C=O) groups is 1. The van der Waals surface area contributed by atoms with Crippen molar-refractivity contribution in [1.29, 1.82) is 0 Å². The first-order valence-corrected chi connectivity index (χ1v) is 6.50. The van der Waals surface area contributed by atoms with Crippen molar-refractivity contribution in [3.05, 3.63) is 41.0 Å². The maximum Gasteiger partial charge on any atom is 0.270 e. The van der Waals surface area contributed by atoms with Crippen molar-refractivity contribution in [3.63, 3.8) is 0 Å². The van der Waals surface area contributed by atoms with Crippen LogP contribution in [0.3, 0.4) is 0 Å². The summed E-state index contributed by atoms with van der Waals surface area (Å²) in [6.07, 6.45) is 0.656. The van der Waals surface area contributed by atoms with Crippen molar-refractivity contribution in [1.82, 2.24) is 10.3 Å². The van der Waals surface area contributed by atoms with Crippen LogP contribution in [0, 0.1) is 0 Å². The van der Waals surface area contributed by atoms with Gasteiger partial charge in [0, 0.05) is 5.39 Å². The highest BCUT2D eigenvalue weighted by Gasteiger charge is 2.14. The zero-order valence-electron chi connectivity index (χ0n) is 10.6. The predicted molar refractivity (Wildman–Crippen MR) is 75.4 cm³/mol. The van der Waals surface area contributed by atoms with Crippen molar-refractivity contribution < 1.29 is 9.90 Å². The summed E-state index contributed by atoms with van der Waals surface area (Å²) in [5, 5.41) is 13.1. The lowest BCUT2D eigenvalue weighted by atomic mass is 10.2. The number of fused-ring (bicyclic) bond motifs is 1. The first-order valence-electron chi connectivity index (χ1n) is 6.12. The molecule has 1 aromatic heterocycles. The molecule has 0 saturated heterocycles. The van der Waals surface area contributed by atoms with Gasteiger partial charge in [-0.2, -0.15) is 0 Å². The Morgan fingerprint density at radius 3 is 2.89 bits per heavy atom. The average molecular weight is 279 g/mol. The van der Waals surface area contributed by atoms with E-state index in [0.29, 0.717) is 17.0 Å². The molecule has 1 atom stereocenters. The van der Waals surface area contributed by atoms with Gasteiger partial charge in [0.2, 0.25) is 0 Å². The quantitative estimate of drug-likeness (QED) is 0.903. The second-order valence-corrected chi connectivity index (χ2v) is 4.67. The van der Waals surface area contributed by atoms with E-state index in [-0.39, 0.29) is 24.2 Å². The van der Waals surface area contributed by atoms with Crippen LogP contribution in [0.5, 0.6) is 0 Å². The highest BCUT2D eigenvalue weighted by atomic mass is 35.5. The maximum atomic E-state index is 12.0. The van der Waals surface area contributed by atoms with Gasteiger partial charge in [0.1, 0.15) is 5.69 Å². The number of para-hydroxylation sites is 1.